The van der Waals surface area contributed by atoms with E-state index >= 15 is 0 Å². The molecule has 0 saturated carbocycles. The molecule has 1 aromatic carbocycles. The lowest BCUT2D eigenvalue weighted by Crippen LogP contribution is -2.38. The Labute approximate surface area is 153 Å². The highest BCUT2D eigenvalue weighted by atomic mass is 16.5. The van der Waals surface area contributed by atoms with E-state index in [1.165, 1.54) is 11.1 Å². The zero-order chi connectivity index (χ0) is 18.1. The van der Waals surface area contributed by atoms with Crippen molar-refractivity contribution in [3.05, 3.63) is 53.2 Å². The van der Waals surface area contributed by atoms with Gasteiger partial charge in [0.05, 0.1) is 13.7 Å². The van der Waals surface area contributed by atoms with Crippen LogP contribution in [0.3, 0.4) is 0 Å². The molecule has 0 spiro atoms. The van der Waals surface area contributed by atoms with Crippen molar-refractivity contribution in [2.45, 2.75) is 26.5 Å². The van der Waals surface area contributed by atoms with E-state index in [0.717, 1.165) is 48.1 Å². The molecule has 3 aromatic rings. The number of methoxy groups -OCH3 is 1. The maximum Gasteiger partial charge on any atom is 0.158 e. The van der Waals surface area contributed by atoms with Crippen LogP contribution in [0.5, 0.6) is 5.75 Å². The molecule has 4 rings (SSSR count). The second-order valence-corrected chi connectivity index (χ2v) is 6.85. The number of benzene rings is 1. The lowest BCUT2D eigenvalue weighted by molar-refractivity contribution is -0.0376. The molecule has 2 aromatic heterocycles. The molecule has 6 nitrogen and oxygen atoms in total. The maximum atomic E-state index is 5.94. The normalized spacial score (nSPS) is 18.3. The van der Waals surface area contributed by atoms with Crippen molar-refractivity contribution in [3.63, 3.8) is 0 Å². The minimum Gasteiger partial charge on any atom is -0.497 e. The van der Waals surface area contributed by atoms with E-state index in [4.69, 9.17) is 9.47 Å². The van der Waals surface area contributed by atoms with Gasteiger partial charge in [0, 0.05) is 47.6 Å². The summed E-state index contributed by atoms with van der Waals surface area (Å²) in [5.74, 6) is 1.66. The molecule has 26 heavy (non-hydrogen) atoms. The minimum atomic E-state index is -0.0770. The number of aryl methyl sites for hydroxylation is 2. The number of morpholine rings is 1. The van der Waals surface area contributed by atoms with Gasteiger partial charge in [0.15, 0.2) is 5.82 Å². The van der Waals surface area contributed by atoms with Crippen molar-refractivity contribution >= 4 is 10.9 Å². The van der Waals surface area contributed by atoms with Crippen LogP contribution in [-0.2, 0) is 11.3 Å². The van der Waals surface area contributed by atoms with Gasteiger partial charge in [0.25, 0.3) is 0 Å². The third-order valence-electron chi connectivity index (χ3n) is 4.72. The predicted molar refractivity (Wildman–Crippen MR) is 100 cm³/mol. The molecule has 3 heterocycles. The van der Waals surface area contributed by atoms with Gasteiger partial charge in [-0.05, 0) is 44.2 Å². The van der Waals surface area contributed by atoms with Crippen molar-refractivity contribution in [3.8, 4) is 5.75 Å². The van der Waals surface area contributed by atoms with E-state index in [0.29, 0.717) is 6.61 Å². The number of hydrogen-bond donors (Lipinski definition) is 1. The molecule has 0 aliphatic carbocycles. The van der Waals surface area contributed by atoms with E-state index in [1.54, 1.807) is 7.11 Å². The summed E-state index contributed by atoms with van der Waals surface area (Å²) in [6.07, 6.45) is -0.0770. The molecular formula is C20H24N4O2. The second-order valence-electron chi connectivity index (χ2n) is 6.85. The summed E-state index contributed by atoms with van der Waals surface area (Å²) in [6, 6.07) is 10.3. The molecule has 1 atom stereocenters. The zero-order valence-corrected chi connectivity index (χ0v) is 15.5. The summed E-state index contributed by atoms with van der Waals surface area (Å²) in [5.41, 5.74) is 4.29. The SMILES string of the molecule is COc1ccc2[nH]c(CN3CCOC(c4nc(C)cc(C)n4)C3)cc2c1. The molecule has 0 bridgehead atoms. The first kappa shape index (κ1) is 17.0. The largest absolute Gasteiger partial charge is 0.497 e. The molecule has 0 amide bonds. The van der Waals surface area contributed by atoms with Gasteiger partial charge in [0.2, 0.25) is 0 Å². The molecule has 1 fully saturated rings. The van der Waals surface area contributed by atoms with Crippen molar-refractivity contribution in [2.75, 3.05) is 26.8 Å². The number of fused-ring (bicyclic) bond motifs is 1. The summed E-state index contributed by atoms with van der Waals surface area (Å²) in [4.78, 5) is 15.0. The van der Waals surface area contributed by atoms with E-state index < -0.39 is 0 Å². The summed E-state index contributed by atoms with van der Waals surface area (Å²) < 4.78 is 11.2. The van der Waals surface area contributed by atoms with E-state index in [-0.39, 0.29) is 6.10 Å². The van der Waals surface area contributed by atoms with E-state index in [9.17, 15) is 0 Å². The Morgan fingerprint density at radius 2 is 2.00 bits per heavy atom. The number of nitrogens with one attached hydrogen (secondary N) is 1. The number of hydrogen-bond acceptors (Lipinski definition) is 5. The van der Waals surface area contributed by atoms with Crippen LogP contribution < -0.4 is 4.74 Å². The first-order chi connectivity index (χ1) is 12.6. The van der Waals surface area contributed by atoms with Gasteiger partial charge in [-0.3, -0.25) is 4.90 Å². The molecule has 1 aliphatic rings. The van der Waals surface area contributed by atoms with Gasteiger partial charge in [-0.2, -0.15) is 0 Å². The van der Waals surface area contributed by atoms with Gasteiger partial charge in [0.1, 0.15) is 11.9 Å². The molecule has 136 valence electrons. The first-order valence-electron chi connectivity index (χ1n) is 8.92. The van der Waals surface area contributed by atoms with Crippen molar-refractivity contribution < 1.29 is 9.47 Å². The van der Waals surface area contributed by atoms with Crippen LogP contribution in [0.1, 0.15) is 29.0 Å². The highest BCUT2D eigenvalue weighted by Gasteiger charge is 2.25. The average molecular weight is 352 g/mol. The highest BCUT2D eigenvalue weighted by molar-refractivity contribution is 5.81. The summed E-state index contributed by atoms with van der Waals surface area (Å²) >= 11 is 0. The Bertz CT molecular complexity index is 901. The monoisotopic (exact) mass is 352 g/mol. The highest BCUT2D eigenvalue weighted by Crippen LogP contribution is 2.24. The Balaban J connectivity index is 1.49. The molecule has 6 heteroatoms. The van der Waals surface area contributed by atoms with Crippen LogP contribution in [0.25, 0.3) is 10.9 Å². The molecular weight excluding hydrogens is 328 g/mol. The van der Waals surface area contributed by atoms with E-state index in [1.807, 2.05) is 26.0 Å². The zero-order valence-electron chi connectivity index (χ0n) is 15.5. The Hall–Kier alpha value is -2.44. The smallest absolute Gasteiger partial charge is 0.158 e. The quantitative estimate of drug-likeness (QED) is 0.781. The van der Waals surface area contributed by atoms with Crippen LogP contribution in [0, 0.1) is 13.8 Å². The van der Waals surface area contributed by atoms with Gasteiger partial charge in [-0.25, -0.2) is 9.97 Å². The fourth-order valence-corrected chi connectivity index (χ4v) is 3.52. The summed E-state index contributed by atoms with van der Waals surface area (Å²) in [5, 5.41) is 1.17. The lowest BCUT2D eigenvalue weighted by atomic mass is 10.2. The van der Waals surface area contributed by atoms with Gasteiger partial charge < -0.3 is 14.5 Å². The van der Waals surface area contributed by atoms with Crippen LogP contribution in [0.4, 0.5) is 0 Å². The third kappa shape index (κ3) is 3.57. The van der Waals surface area contributed by atoms with Crippen LogP contribution in [-0.4, -0.2) is 46.7 Å². The van der Waals surface area contributed by atoms with Gasteiger partial charge in [-0.15, -0.1) is 0 Å². The van der Waals surface area contributed by atoms with Gasteiger partial charge >= 0.3 is 0 Å². The number of ether oxygens (including phenoxy) is 2. The van der Waals surface area contributed by atoms with E-state index in [2.05, 4.69) is 38.1 Å². The molecule has 1 unspecified atom stereocenters. The van der Waals surface area contributed by atoms with Crippen molar-refractivity contribution in [2.24, 2.45) is 0 Å². The fraction of sp³-hybridized carbons (Fsp3) is 0.400. The molecule has 1 saturated heterocycles. The average Bonchev–Trinajstić information content (AvgIpc) is 3.02. The van der Waals surface area contributed by atoms with Crippen molar-refractivity contribution in [1.82, 2.24) is 19.9 Å². The number of aromatic amines is 1. The predicted octanol–water partition coefficient (Wildman–Crippen LogP) is 3.16. The third-order valence-corrected chi connectivity index (χ3v) is 4.72. The summed E-state index contributed by atoms with van der Waals surface area (Å²) in [7, 11) is 1.69. The minimum absolute atomic E-state index is 0.0770. The Morgan fingerprint density at radius 3 is 2.77 bits per heavy atom. The molecule has 1 aliphatic heterocycles. The van der Waals surface area contributed by atoms with Crippen LogP contribution in [0.2, 0.25) is 0 Å². The Morgan fingerprint density at radius 1 is 1.19 bits per heavy atom. The van der Waals surface area contributed by atoms with Crippen LogP contribution >= 0.6 is 0 Å². The molecule has 0 radical (unpaired) electrons. The Kier molecular flexibility index (Phi) is 4.61. The van der Waals surface area contributed by atoms with Crippen LogP contribution in [0.15, 0.2) is 30.3 Å². The first-order valence-corrected chi connectivity index (χ1v) is 8.92. The second kappa shape index (κ2) is 7.05. The standard InChI is InChI=1S/C20H24N4O2/c1-13-8-14(2)22-20(21-13)19-12-24(6-7-26-19)11-16-9-15-10-17(25-3)4-5-18(15)23-16/h4-5,8-10,19,23H,6-7,11-12H2,1-3H3. The summed E-state index contributed by atoms with van der Waals surface area (Å²) in [6.45, 7) is 7.23. The number of nitrogens with zero attached hydrogens (tertiary/aromatic N) is 3. The molecule has 1 N–H and O–H groups in total. The lowest BCUT2D eigenvalue weighted by Gasteiger charge is -2.32. The number of H-pyrrole nitrogens is 1. The number of aromatic nitrogens is 3. The fourth-order valence-electron chi connectivity index (χ4n) is 3.52. The number of rotatable bonds is 4. The van der Waals surface area contributed by atoms with Crippen molar-refractivity contribution in [1.29, 1.82) is 0 Å². The van der Waals surface area contributed by atoms with Gasteiger partial charge in [-0.1, -0.05) is 0 Å². The topological polar surface area (TPSA) is 63.3 Å². The maximum absolute atomic E-state index is 5.94.